The van der Waals surface area contributed by atoms with Crippen LogP contribution in [0, 0.1) is 0 Å². The lowest BCUT2D eigenvalue weighted by Gasteiger charge is -2.40. The molecule has 2 aliphatic rings. The molecule has 1 aliphatic carbocycles. The van der Waals surface area contributed by atoms with Gasteiger partial charge in [0.25, 0.3) is 0 Å². The van der Waals surface area contributed by atoms with Crippen molar-refractivity contribution in [2.45, 2.75) is 64.1 Å². The highest BCUT2D eigenvalue weighted by atomic mass is 35.5. The van der Waals surface area contributed by atoms with Crippen LogP contribution in [0.25, 0.3) is 0 Å². The van der Waals surface area contributed by atoms with Gasteiger partial charge < -0.3 is 0 Å². The Bertz CT molecular complexity index is 421. The lowest BCUT2D eigenvalue weighted by Crippen LogP contribution is -2.52. The highest BCUT2D eigenvalue weighted by Gasteiger charge is 2.31. The van der Waals surface area contributed by atoms with Gasteiger partial charge in [-0.1, -0.05) is 18.0 Å². The van der Waals surface area contributed by atoms with Crippen LogP contribution < -0.4 is 5.43 Å². The van der Waals surface area contributed by atoms with Gasteiger partial charge in [0.15, 0.2) is 0 Å². The van der Waals surface area contributed by atoms with Gasteiger partial charge in [0, 0.05) is 23.0 Å². The number of hydrazine groups is 1. The van der Waals surface area contributed by atoms with Crippen LogP contribution in [0.4, 0.5) is 0 Å². The van der Waals surface area contributed by atoms with Crippen molar-refractivity contribution in [3.63, 3.8) is 0 Å². The molecule has 100 valence electrons. The third-order valence-corrected chi connectivity index (χ3v) is 5.69. The third kappa shape index (κ3) is 2.34. The molecule has 4 heteroatoms. The van der Waals surface area contributed by atoms with Gasteiger partial charge in [0.2, 0.25) is 0 Å². The van der Waals surface area contributed by atoms with Gasteiger partial charge >= 0.3 is 0 Å². The Morgan fingerprint density at radius 1 is 1.28 bits per heavy atom. The zero-order chi connectivity index (χ0) is 12.7. The Kier molecular flexibility index (Phi) is 3.68. The van der Waals surface area contributed by atoms with Crippen molar-refractivity contribution in [3.05, 3.63) is 20.8 Å². The predicted octanol–water partition coefficient (Wildman–Crippen LogP) is 4.16. The van der Waals surface area contributed by atoms with E-state index in [0.29, 0.717) is 18.1 Å². The molecule has 0 aromatic carbocycles. The monoisotopic (exact) mass is 284 g/mol. The minimum Gasteiger partial charge on any atom is -0.247 e. The Morgan fingerprint density at radius 2 is 2.00 bits per heavy atom. The molecule has 1 aromatic heterocycles. The van der Waals surface area contributed by atoms with Crippen LogP contribution in [0.1, 0.15) is 56.0 Å². The van der Waals surface area contributed by atoms with E-state index in [-0.39, 0.29) is 0 Å². The molecule has 18 heavy (non-hydrogen) atoms. The standard InChI is InChI=1S/C14H21ClN2S/c1-9-4-3-5-10(2)17(9)16-12-6-7-13-11(12)8-14(15)18-13/h8-10,12,16H,3-7H2,1-2H3. The van der Waals surface area contributed by atoms with Crippen molar-refractivity contribution in [1.29, 1.82) is 0 Å². The molecule has 3 unspecified atom stereocenters. The van der Waals surface area contributed by atoms with E-state index in [2.05, 4.69) is 30.3 Å². The molecule has 1 N–H and O–H groups in total. The zero-order valence-corrected chi connectivity index (χ0v) is 12.7. The first-order valence-electron chi connectivity index (χ1n) is 6.97. The molecule has 1 aromatic rings. The van der Waals surface area contributed by atoms with E-state index in [1.54, 1.807) is 11.3 Å². The molecule has 0 radical (unpaired) electrons. The summed E-state index contributed by atoms with van der Waals surface area (Å²) in [6, 6.07) is 3.93. The topological polar surface area (TPSA) is 15.3 Å². The normalized spacial score (nSPS) is 32.7. The second-order valence-corrected chi connectivity index (χ2v) is 7.45. The van der Waals surface area contributed by atoms with Gasteiger partial charge in [0.05, 0.1) is 4.34 Å². The number of hydrogen-bond donors (Lipinski definition) is 1. The zero-order valence-electron chi connectivity index (χ0n) is 11.1. The predicted molar refractivity (Wildman–Crippen MR) is 78.1 cm³/mol. The molecular formula is C14H21ClN2S. The number of aryl methyl sites for hydroxylation is 1. The van der Waals surface area contributed by atoms with E-state index in [9.17, 15) is 0 Å². The number of hydrogen-bond acceptors (Lipinski definition) is 3. The number of nitrogens with one attached hydrogen (secondary N) is 1. The van der Waals surface area contributed by atoms with E-state index in [4.69, 9.17) is 11.6 Å². The molecule has 3 atom stereocenters. The van der Waals surface area contributed by atoms with Crippen molar-refractivity contribution in [2.75, 3.05) is 0 Å². The van der Waals surface area contributed by atoms with Crippen molar-refractivity contribution in [3.8, 4) is 0 Å². The first kappa shape index (κ1) is 12.9. The first-order chi connectivity index (χ1) is 8.65. The van der Waals surface area contributed by atoms with Gasteiger partial charge in [-0.2, -0.15) is 0 Å². The molecule has 3 rings (SSSR count). The molecule has 2 nitrogen and oxygen atoms in total. The largest absolute Gasteiger partial charge is 0.247 e. The van der Waals surface area contributed by atoms with Crippen molar-refractivity contribution in [2.24, 2.45) is 0 Å². The van der Waals surface area contributed by atoms with Crippen molar-refractivity contribution < 1.29 is 0 Å². The second-order valence-electron chi connectivity index (χ2n) is 5.69. The Morgan fingerprint density at radius 3 is 2.72 bits per heavy atom. The fourth-order valence-corrected chi connectivity index (χ4v) is 4.68. The van der Waals surface area contributed by atoms with E-state index in [1.807, 2.05) is 0 Å². The average molecular weight is 285 g/mol. The van der Waals surface area contributed by atoms with Gasteiger partial charge in [-0.25, -0.2) is 10.4 Å². The molecule has 1 aliphatic heterocycles. The Balaban J connectivity index is 1.73. The summed E-state index contributed by atoms with van der Waals surface area (Å²) in [5, 5.41) is 2.48. The number of fused-ring (bicyclic) bond motifs is 1. The molecule has 0 saturated carbocycles. The van der Waals surface area contributed by atoms with Crippen LogP contribution in [0.3, 0.4) is 0 Å². The van der Waals surface area contributed by atoms with Crippen LogP contribution in [-0.2, 0) is 6.42 Å². The molecule has 1 saturated heterocycles. The van der Waals surface area contributed by atoms with Gasteiger partial charge in [-0.15, -0.1) is 11.3 Å². The van der Waals surface area contributed by atoms with Crippen LogP contribution in [0.15, 0.2) is 6.07 Å². The maximum Gasteiger partial charge on any atom is 0.0934 e. The van der Waals surface area contributed by atoms with Crippen molar-refractivity contribution >= 4 is 22.9 Å². The SMILES string of the molecule is CC1CCCC(C)N1NC1CCc2sc(Cl)cc21. The molecule has 0 spiro atoms. The average Bonchev–Trinajstić information content (AvgIpc) is 2.84. The van der Waals surface area contributed by atoms with Crippen LogP contribution in [0.2, 0.25) is 4.34 Å². The van der Waals surface area contributed by atoms with Crippen molar-refractivity contribution in [1.82, 2.24) is 10.4 Å². The van der Waals surface area contributed by atoms with Gasteiger partial charge in [0.1, 0.15) is 0 Å². The summed E-state index contributed by atoms with van der Waals surface area (Å²) in [5.74, 6) is 0. The summed E-state index contributed by atoms with van der Waals surface area (Å²) in [6.45, 7) is 4.66. The van der Waals surface area contributed by atoms with Gasteiger partial charge in [-0.3, -0.25) is 0 Å². The first-order valence-corrected chi connectivity index (χ1v) is 8.17. The van der Waals surface area contributed by atoms with E-state index < -0.39 is 0 Å². The maximum atomic E-state index is 6.12. The molecule has 1 fully saturated rings. The summed E-state index contributed by atoms with van der Waals surface area (Å²) in [4.78, 5) is 1.48. The second kappa shape index (κ2) is 5.12. The Hall–Kier alpha value is -0.0900. The summed E-state index contributed by atoms with van der Waals surface area (Å²) < 4.78 is 0.936. The van der Waals surface area contributed by atoms with Crippen LogP contribution >= 0.6 is 22.9 Å². The quantitative estimate of drug-likeness (QED) is 0.877. The van der Waals surface area contributed by atoms with E-state index in [1.165, 1.54) is 42.5 Å². The lowest BCUT2D eigenvalue weighted by atomic mass is 9.99. The molecule has 0 bridgehead atoms. The lowest BCUT2D eigenvalue weighted by molar-refractivity contribution is 0.0293. The smallest absolute Gasteiger partial charge is 0.0934 e. The van der Waals surface area contributed by atoms with E-state index >= 15 is 0 Å². The number of nitrogens with zero attached hydrogens (tertiary/aromatic N) is 1. The fraction of sp³-hybridized carbons (Fsp3) is 0.714. The number of halogens is 1. The van der Waals surface area contributed by atoms with Crippen LogP contribution in [-0.4, -0.2) is 17.1 Å². The molecular weight excluding hydrogens is 264 g/mol. The molecule has 2 heterocycles. The number of thiophene rings is 1. The minimum absolute atomic E-state index is 0.478. The Labute approximate surface area is 118 Å². The minimum atomic E-state index is 0.478. The molecule has 0 amide bonds. The summed E-state index contributed by atoms with van der Waals surface area (Å²) >= 11 is 7.87. The summed E-state index contributed by atoms with van der Waals surface area (Å²) in [5.41, 5.74) is 5.21. The number of rotatable bonds is 2. The highest BCUT2D eigenvalue weighted by molar-refractivity contribution is 7.16. The van der Waals surface area contributed by atoms with Crippen LogP contribution in [0.5, 0.6) is 0 Å². The highest BCUT2D eigenvalue weighted by Crippen LogP contribution is 2.40. The fourth-order valence-electron chi connectivity index (χ4n) is 3.32. The summed E-state index contributed by atoms with van der Waals surface area (Å²) in [6.07, 6.45) is 6.37. The maximum absolute atomic E-state index is 6.12. The third-order valence-electron chi connectivity index (χ3n) is 4.35. The van der Waals surface area contributed by atoms with E-state index in [0.717, 1.165) is 4.34 Å². The summed E-state index contributed by atoms with van der Waals surface area (Å²) in [7, 11) is 0. The van der Waals surface area contributed by atoms with Gasteiger partial charge in [-0.05, 0) is 51.2 Å². The number of piperidine rings is 1.